The molecule has 1 fully saturated rings. The topological polar surface area (TPSA) is 12.0 Å². The first-order chi connectivity index (χ1) is 6.91. The van der Waals surface area contributed by atoms with Crippen LogP contribution in [0.3, 0.4) is 0 Å². The van der Waals surface area contributed by atoms with Gasteiger partial charge in [-0.05, 0) is 24.0 Å². The van der Waals surface area contributed by atoms with Crippen LogP contribution in [0.2, 0.25) is 0 Å². The standard InChI is InChI=1S/C13H17N.ClH/c1-2-6-12-11(5-1)9-14-10-13(12)7-3-4-8-13;/h1-2,5-6,14H,3-4,7-10H2;1H. The summed E-state index contributed by atoms with van der Waals surface area (Å²) in [7, 11) is 0. The van der Waals surface area contributed by atoms with E-state index in [0.717, 1.165) is 6.54 Å². The van der Waals surface area contributed by atoms with Crippen LogP contribution in [0, 0.1) is 0 Å². The van der Waals surface area contributed by atoms with Gasteiger partial charge in [0, 0.05) is 18.5 Å². The molecule has 1 nitrogen and oxygen atoms in total. The first kappa shape index (κ1) is 11.0. The van der Waals surface area contributed by atoms with E-state index in [-0.39, 0.29) is 12.4 Å². The van der Waals surface area contributed by atoms with Crippen molar-refractivity contribution < 1.29 is 0 Å². The molecule has 1 heterocycles. The highest BCUT2D eigenvalue weighted by Gasteiger charge is 2.38. The normalized spacial score (nSPS) is 22.1. The third-order valence-corrected chi connectivity index (χ3v) is 3.93. The molecule has 1 N–H and O–H groups in total. The summed E-state index contributed by atoms with van der Waals surface area (Å²) in [6.07, 6.45) is 5.60. The summed E-state index contributed by atoms with van der Waals surface area (Å²) in [4.78, 5) is 0. The summed E-state index contributed by atoms with van der Waals surface area (Å²) in [6.45, 7) is 2.27. The van der Waals surface area contributed by atoms with Crippen molar-refractivity contribution in [2.45, 2.75) is 37.6 Å². The number of benzene rings is 1. The van der Waals surface area contributed by atoms with E-state index in [1.54, 1.807) is 5.56 Å². The largest absolute Gasteiger partial charge is 0.312 e. The lowest BCUT2D eigenvalue weighted by Gasteiger charge is -2.36. The third kappa shape index (κ3) is 1.68. The lowest BCUT2D eigenvalue weighted by molar-refractivity contribution is 0.377. The van der Waals surface area contributed by atoms with Crippen LogP contribution in [0.5, 0.6) is 0 Å². The summed E-state index contributed by atoms with van der Waals surface area (Å²) in [5.74, 6) is 0. The number of halogens is 1. The number of hydrogen-bond acceptors (Lipinski definition) is 1. The lowest BCUT2D eigenvalue weighted by atomic mass is 9.74. The van der Waals surface area contributed by atoms with Crippen molar-refractivity contribution in [2.24, 2.45) is 0 Å². The second-order valence-corrected chi connectivity index (χ2v) is 4.75. The van der Waals surface area contributed by atoms with Gasteiger partial charge < -0.3 is 5.32 Å². The molecule has 1 aromatic rings. The van der Waals surface area contributed by atoms with Crippen molar-refractivity contribution in [1.82, 2.24) is 5.32 Å². The van der Waals surface area contributed by atoms with Crippen LogP contribution in [0.1, 0.15) is 36.8 Å². The molecular formula is C13H18ClN. The quantitative estimate of drug-likeness (QED) is 0.713. The number of nitrogens with one attached hydrogen (secondary N) is 1. The van der Waals surface area contributed by atoms with Gasteiger partial charge in [-0.2, -0.15) is 0 Å². The van der Waals surface area contributed by atoms with Crippen LogP contribution in [-0.2, 0) is 12.0 Å². The van der Waals surface area contributed by atoms with Crippen molar-refractivity contribution >= 4 is 12.4 Å². The smallest absolute Gasteiger partial charge is 0.0208 e. The minimum Gasteiger partial charge on any atom is -0.312 e. The van der Waals surface area contributed by atoms with Gasteiger partial charge in [-0.15, -0.1) is 12.4 Å². The van der Waals surface area contributed by atoms with E-state index in [1.165, 1.54) is 37.8 Å². The van der Waals surface area contributed by atoms with E-state index < -0.39 is 0 Å². The Bertz CT molecular complexity index is 342. The van der Waals surface area contributed by atoms with E-state index in [4.69, 9.17) is 0 Å². The summed E-state index contributed by atoms with van der Waals surface area (Å²) >= 11 is 0. The maximum absolute atomic E-state index is 3.57. The fraction of sp³-hybridized carbons (Fsp3) is 0.538. The average molecular weight is 224 g/mol. The van der Waals surface area contributed by atoms with Crippen LogP contribution in [0.15, 0.2) is 24.3 Å². The highest BCUT2D eigenvalue weighted by molar-refractivity contribution is 5.85. The molecule has 0 saturated heterocycles. The fourth-order valence-electron chi connectivity index (χ4n) is 3.22. The molecule has 0 aromatic heterocycles. The Labute approximate surface area is 97.7 Å². The van der Waals surface area contributed by atoms with E-state index in [9.17, 15) is 0 Å². The molecule has 15 heavy (non-hydrogen) atoms. The molecule has 1 saturated carbocycles. The third-order valence-electron chi connectivity index (χ3n) is 3.93. The molecule has 0 amide bonds. The molecule has 0 atom stereocenters. The van der Waals surface area contributed by atoms with Crippen LogP contribution < -0.4 is 5.32 Å². The Morgan fingerprint density at radius 1 is 1.07 bits per heavy atom. The van der Waals surface area contributed by atoms with Gasteiger partial charge in [0.15, 0.2) is 0 Å². The molecule has 1 aliphatic heterocycles. The predicted molar refractivity (Wildman–Crippen MR) is 65.5 cm³/mol. The van der Waals surface area contributed by atoms with Gasteiger partial charge in [-0.3, -0.25) is 0 Å². The zero-order valence-corrected chi connectivity index (χ0v) is 9.78. The van der Waals surface area contributed by atoms with Crippen LogP contribution in [0.25, 0.3) is 0 Å². The summed E-state index contributed by atoms with van der Waals surface area (Å²) in [5, 5.41) is 3.57. The summed E-state index contributed by atoms with van der Waals surface area (Å²) in [5.41, 5.74) is 3.66. The SMILES string of the molecule is Cl.c1ccc2c(c1)CNCC21CCCC1. The molecule has 1 spiro atoms. The predicted octanol–water partition coefficient (Wildman–Crippen LogP) is 3.02. The Hall–Kier alpha value is -0.530. The number of fused-ring (bicyclic) bond motifs is 2. The van der Waals surface area contributed by atoms with Crippen molar-refractivity contribution in [1.29, 1.82) is 0 Å². The van der Waals surface area contributed by atoms with E-state index in [0.29, 0.717) is 5.41 Å². The molecule has 1 aliphatic carbocycles. The maximum atomic E-state index is 3.57. The lowest BCUT2D eigenvalue weighted by Crippen LogP contribution is -2.41. The number of hydrogen-bond donors (Lipinski definition) is 1. The highest BCUT2D eigenvalue weighted by atomic mass is 35.5. The molecule has 2 heteroatoms. The maximum Gasteiger partial charge on any atom is 0.0208 e. The van der Waals surface area contributed by atoms with Gasteiger partial charge in [0.1, 0.15) is 0 Å². The fourth-order valence-corrected chi connectivity index (χ4v) is 3.22. The van der Waals surface area contributed by atoms with Crippen LogP contribution in [-0.4, -0.2) is 6.54 Å². The summed E-state index contributed by atoms with van der Waals surface area (Å²) in [6, 6.07) is 8.99. The average Bonchev–Trinajstić information content (AvgIpc) is 2.68. The molecule has 82 valence electrons. The molecule has 0 unspecified atom stereocenters. The Balaban J connectivity index is 0.000000853. The van der Waals surface area contributed by atoms with Crippen molar-refractivity contribution in [2.75, 3.05) is 6.54 Å². The van der Waals surface area contributed by atoms with Gasteiger partial charge in [-0.1, -0.05) is 37.1 Å². The van der Waals surface area contributed by atoms with E-state index in [1.807, 2.05) is 0 Å². The minimum atomic E-state index is 0. The van der Waals surface area contributed by atoms with Crippen molar-refractivity contribution in [3.05, 3.63) is 35.4 Å². The Morgan fingerprint density at radius 2 is 1.80 bits per heavy atom. The van der Waals surface area contributed by atoms with E-state index >= 15 is 0 Å². The molecule has 1 aromatic carbocycles. The first-order valence-electron chi connectivity index (χ1n) is 5.70. The molecule has 3 rings (SSSR count). The van der Waals surface area contributed by atoms with Gasteiger partial charge in [0.2, 0.25) is 0 Å². The van der Waals surface area contributed by atoms with Gasteiger partial charge in [0.25, 0.3) is 0 Å². The van der Waals surface area contributed by atoms with Crippen LogP contribution >= 0.6 is 12.4 Å². The van der Waals surface area contributed by atoms with Crippen molar-refractivity contribution in [3.8, 4) is 0 Å². The molecule has 0 radical (unpaired) electrons. The Kier molecular flexibility index (Phi) is 3.03. The zero-order chi connectivity index (χ0) is 9.43. The van der Waals surface area contributed by atoms with Crippen LogP contribution in [0.4, 0.5) is 0 Å². The van der Waals surface area contributed by atoms with Gasteiger partial charge in [0.05, 0.1) is 0 Å². The second kappa shape index (κ2) is 4.15. The van der Waals surface area contributed by atoms with Gasteiger partial charge in [-0.25, -0.2) is 0 Å². The first-order valence-corrected chi connectivity index (χ1v) is 5.70. The molecular weight excluding hydrogens is 206 g/mol. The van der Waals surface area contributed by atoms with E-state index in [2.05, 4.69) is 29.6 Å². The minimum absolute atomic E-state index is 0. The van der Waals surface area contributed by atoms with Gasteiger partial charge >= 0.3 is 0 Å². The zero-order valence-electron chi connectivity index (χ0n) is 8.96. The van der Waals surface area contributed by atoms with Crippen molar-refractivity contribution in [3.63, 3.8) is 0 Å². The highest BCUT2D eigenvalue weighted by Crippen LogP contribution is 2.43. The number of rotatable bonds is 0. The monoisotopic (exact) mass is 223 g/mol. The second-order valence-electron chi connectivity index (χ2n) is 4.75. The summed E-state index contributed by atoms with van der Waals surface area (Å²) < 4.78 is 0. The molecule has 0 bridgehead atoms. The molecule has 2 aliphatic rings. The Morgan fingerprint density at radius 3 is 2.60 bits per heavy atom.